The molecular weight excluding hydrogens is 472 g/mol. The third-order valence-corrected chi connectivity index (χ3v) is 7.31. The minimum Gasteiger partial charge on any atom is -0.493 e. The number of benzene rings is 2. The van der Waals surface area contributed by atoms with Gasteiger partial charge in [-0.25, -0.2) is 0 Å². The van der Waals surface area contributed by atoms with Crippen LogP contribution in [0.1, 0.15) is 48.5 Å². The smallest absolute Gasteiger partial charge is 0.254 e. The van der Waals surface area contributed by atoms with Crippen molar-refractivity contribution in [3.05, 3.63) is 53.6 Å². The Bertz CT molecular complexity index is 1110. The van der Waals surface area contributed by atoms with E-state index in [0.29, 0.717) is 56.4 Å². The van der Waals surface area contributed by atoms with Crippen LogP contribution in [-0.2, 0) is 20.8 Å². The van der Waals surface area contributed by atoms with Crippen molar-refractivity contribution in [2.75, 3.05) is 51.5 Å². The Hall–Kier alpha value is -3.10. The van der Waals surface area contributed by atoms with Crippen molar-refractivity contribution in [3.8, 4) is 11.5 Å². The van der Waals surface area contributed by atoms with Crippen LogP contribution >= 0.6 is 0 Å². The highest BCUT2D eigenvalue weighted by Gasteiger charge is 2.34. The predicted octanol–water partition coefficient (Wildman–Crippen LogP) is 4.06. The molecule has 5 rings (SSSR count). The predicted molar refractivity (Wildman–Crippen MR) is 139 cm³/mol. The Morgan fingerprint density at radius 1 is 1.14 bits per heavy atom. The molecule has 0 aliphatic carbocycles. The molecule has 8 nitrogen and oxygen atoms in total. The van der Waals surface area contributed by atoms with Crippen LogP contribution in [0.4, 0.5) is 5.69 Å². The van der Waals surface area contributed by atoms with Crippen LogP contribution in [0.15, 0.2) is 42.5 Å². The fourth-order valence-corrected chi connectivity index (χ4v) is 5.08. The van der Waals surface area contributed by atoms with Gasteiger partial charge in [-0.1, -0.05) is 13.0 Å². The van der Waals surface area contributed by atoms with E-state index in [9.17, 15) is 9.59 Å². The summed E-state index contributed by atoms with van der Waals surface area (Å²) in [5.74, 6) is 1.40. The van der Waals surface area contributed by atoms with E-state index in [1.54, 1.807) is 12.0 Å². The maximum Gasteiger partial charge on any atom is 0.254 e. The van der Waals surface area contributed by atoms with E-state index < -0.39 is 0 Å². The quantitative estimate of drug-likeness (QED) is 0.482. The second-order valence-electron chi connectivity index (χ2n) is 10.6. The van der Waals surface area contributed by atoms with E-state index in [0.717, 1.165) is 43.7 Å². The number of carbonyl (C=O) groups excluding carboxylic acids is 2. The first-order valence-corrected chi connectivity index (χ1v) is 13.1. The SMILES string of the molecule is COc1ccc(CN(C[C@@H]2CCCO2)C(=O)c2ccc(N3CCCC3=O)cc2)cc1OCC1(C)COC1. The van der Waals surface area contributed by atoms with Gasteiger partial charge >= 0.3 is 0 Å². The minimum absolute atomic E-state index is 0.00860. The maximum atomic E-state index is 13.7. The van der Waals surface area contributed by atoms with Gasteiger partial charge in [0.1, 0.15) is 0 Å². The molecule has 0 unspecified atom stereocenters. The zero-order valence-electron chi connectivity index (χ0n) is 21.7. The average molecular weight is 509 g/mol. The zero-order valence-corrected chi connectivity index (χ0v) is 21.7. The van der Waals surface area contributed by atoms with Crippen LogP contribution in [-0.4, -0.2) is 69.4 Å². The third kappa shape index (κ3) is 5.91. The molecule has 2 aromatic rings. The van der Waals surface area contributed by atoms with E-state index in [4.69, 9.17) is 18.9 Å². The topological polar surface area (TPSA) is 77.5 Å². The van der Waals surface area contributed by atoms with E-state index in [-0.39, 0.29) is 23.3 Å². The van der Waals surface area contributed by atoms with Crippen molar-refractivity contribution in [1.82, 2.24) is 4.90 Å². The summed E-state index contributed by atoms with van der Waals surface area (Å²) in [5.41, 5.74) is 2.40. The first-order chi connectivity index (χ1) is 17.9. The molecule has 8 heteroatoms. The molecule has 3 saturated heterocycles. The highest BCUT2D eigenvalue weighted by molar-refractivity contribution is 5.97. The molecule has 0 spiro atoms. The van der Waals surface area contributed by atoms with Crippen molar-refractivity contribution in [3.63, 3.8) is 0 Å². The molecule has 0 saturated carbocycles. The van der Waals surface area contributed by atoms with Crippen LogP contribution in [0.25, 0.3) is 0 Å². The van der Waals surface area contributed by atoms with E-state index in [1.807, 2.05) is 47.4 Å². The van der Waals surface area contributed by atoms with Gasteiger partial charge in [-0.05, 0) is 61.2 Å². The molecule has 0 aromatic heterocycles. The number of nitrogens with zero attached hydrogens (tertiary/aromatic N) is 2. The van der Waals surface area contributed by atoms with Gasteiger partial charge in [0.25, 0.3) is 5.91 Å². The molecule has 3 aliphatic heterocycles. The number of hydrogen-bond donors (Lipinski definition) is 0. The summed E-state index contributed by atoms with van der Waals surface area (Å²) < 4.78 is 22.9. The fraction of sp³-hybridized carbons (Fsp3) is 0.517. The van der Waals surface area contributed by atoms with Crippen LogP contribution in [0.2, 0.25) is 0 Å². The highest BCUT2D eigenvalue weighted by atomic mass is 16.5. The fourth-order valence-electron chi connectivity index (χ4n) is 5.08. The largest absolute Gasteiger partial charge is 0.493 e. The molecule has 2 amide bonds. The third-order valence-electron chi connectivity index (χ3n) is 7.31. The van der Waals surface area contributed by atoms with Crippen LogP contribution < -0.4 is 14.4 Å². The lowest BCUT2D eigenvalue weighted by molar-refractivity contribution is -0.120. The number of ether oxygens (including phenoxy) is 4. The molecule has 0 bridgehead atoms. The van der Waals surface area contributed by atoms with Crippen molar-refractivity contribution >= 4 is 17.5 Å². The number of hydrogen-bond acceptors (Lipinski definition) is 6. The molecule has 3 fully saturated rings. The van der Waals surface area contributed by atoms with Crippen molar-refractivity contribution in [1.29, 1.82) is 0 Å². The van der Waals surface area contributed by atoms with Crippen molar-refractivity contribution < 1.29 is 28.5 Å². The standard InChI is InChI=1S/C29H36N2O6/c1-29(18-35-19-29)20-37-26-15-21(7-12-25(26)34-2)16-30(17-24-5-4-14-36-24)28(33)22-8-10-23(11-9-22)31-13-3-6-27(31)32/h7-12,15,24H,3-6,13-14,16-20H2,1-2H3/t24-/m0/s1. The molecule has 198 valence electrons. The van der Waals surface area contributed by atoms with Crippen LogP contribution in [0.5, 0.6) is 11.5 Å². The molecule has 3 aliphatic rings. The highest BCUT2D eigenvalue weighted by Crippen LogP contribution is 2.33. The summed E-state index contributed by atoms with van der Waals surface area (Å²) in [4.78, 5) is 29.4. The summed E-state index contributed by atoms with van der Waals surface area (Å²) >= 11 is 0. The van der Waals surface area contributed by atoms with Gasteiger partial charge in [-0.3, -0.25) is 9.59 Å². The number of carbonyl (C=O) groups is 2. The molecule has 0 radical (unpaired) electrons. The van der Waals surface area contributed by atoms with E-state index >= 15 is 0 Å². The molecule has 0 N–H and O–H groups in total. The summed E-state index contributed by atoms with van der Waals surface area (Å²) in [6.07, 6.45) is 3.43. The van der Waals surface area contributed by atoms with Gasteiger partial charge in [0, 0.05) is 49.3 Å². The normalized spacial score (nSPS) is 20.5. The number of methoxy groups -OCH3 is 1. The van der Waals surface area contributed by atoms with Gasteiger partial charge in [0.15, 0.2) is 11.5 Å². The van der Waals surface area contributed by atoms with Gasteiger partial charge < -0.3 is 28.7 Å². The second-order valence-corrected chi connectivity index (χ2v) is 10.6. The van der Waals surface area contributed by atoms with E-state index in [1.165, 1.54) is 0 Å². The number of rotatable bonds is 10. The van der Waals surface area contributed by atoms with Gasteiger partial charge in [0.05, 0.1) is 33.0 Å². The van der Waals surface area contributed by atoms with Crippen molar-refractivity contribution in [2.24, 2.45) is 5.41 Å². The Kier molecular flexibility index (Phi) is 7.67. The Balaban J connectivity index is 1.33. The molecule has 37 heavy (non-hydrogen) atoms. The van der Waals surface area contributed by atoms with Crippen LogP contribution in [0.3, 0.4) is 0 Å². The first kappa shape index (κ1) is 25.5. The summed E-state index contributed by atoms with van der Waals surface area (Å²) in [7, 11) is 1.63. The Morgan fingerprint density at radius 2 is 1.95 bits per heavy atom. The number of amides is 2. The van der Waals surface area contributed by atoms with Gasteiger partial charge in [0.2, 0.25) is 5.91 Å². The first-order valence-electron chi connectivity index (χ1n) is 13.1. The average Bonchev–Trinajstić information content (AvgIpc) is 3.57. The maximum absolute atomic E-state index is 13.7. The summed E-state index contributed by atoms with van der Waals surface area (Å²) in [6, 6.07) is 13.2. The summed E-state index contributed by atoms with van der Waals surface area (Å²) in [6.45, 7) is 6.44. The molecular formula is C29H36N2O6. The lowest BCUT2D eigenvalue weighted by atomic mass is 9.90. The lowest BCUT2D eigenvalue weighted by Gasteiger charge is -2.37. The molecule has 3 heterocycles. The van der Waals surface area contributed by atoms with Gasteiger partial charge in [-0.2, -0.15) is 0 Å². The van der Waals surface area contributed by atoms with Gasteiger partial charge in [-0.15, -0.1) is 0 Å². The van der Waals surface area contributed by atoms with E-state index in [2.05, 4.69) is 6.92 Å². The van der Waals surface area contributed by atoms with Crippen molar-refractivity contribution in [2.45, 2.75) is 45.3 Å². The number of anilines is 1. The second kappa shape index (κ2) is 11.1. The molecule has 1 atom stereocenters. The Morgan fingerprint density at radius 3 is 2.57 bits per heavy atom. The molecule has 2 aromatic carbocycles. The minimum atomic E-state index is -0.0628. The lowest BCUT2D eigenvalue weighted by Crippen LogP contribution is -2.44. The zero-order chi connectivity index (χ0) is 25.8. The Labute approximate surface area is 218 Å². The summed E-state index contributed by atoms with van der Waals surface area (Å²) in [5, 5.41) is 0. The van der Waals surface area contributed by atoms with Crippen LogP contribution in [0, 0.1) is 5.41 Å². The monoisotopic (exact) mass is 508 g/mol.